The highest BCUT2D eigenvalue weighted by Crippen LogP contribution is 2.32. The summed E-state index contributed by atoms with van der Waals surface area (Å²) in [5.74, 6) is -0.768. The average Bonchev–Trinajstić information content (AvgIpc) is 3.20. The Morgan fingerprint density at radius 2 is 2.08 bits per heavy atom. The van der Waals surface area contributed by atoms with Crippen LogP contribution in [-0.2, 0) is 12.7 Å². The summed E-state index contributed by atoms with van der Waals surface area (Å²) < 4.78 is 45.0. The number of alkyl halides is 3. The van der Waals surface area contributed by atoms with Crippen molar-refractivity contribution in [2.75, 3.05) is 0 Å². The van der Waals surface area contributed by atoms with E-state index in [1.54, 1.807) is 25.3 Å². The Morgan fingerprint density at radius 1 is 1.32 bits per heavy atom. The van der Waals surface area contributed by atoms with Crippen molar-refractivity contribution in [1.82, 2.24) is 29.9 Å². The number of thiol groups is 1. The Kier molecular flexibility index (Phi) is 4.50. The summed E-state index contributed by atoms with van der Waals surface area (Å²) >= 11 is 4.30. The van der Waals surface area contributed by atoms with Gasteiger partial charge in [0, 0.05) is 24.0 Å². The summed E-state index contributed by atoms with van der Waals surface area (Å²) in [4.78, 5) is 8.27. The van der Waals surface area contributed by atoms with Crippen molar-refractivity contribution in [1.29, 1.82) is 0 Å². The molecule has 0 fully saturated rings. The first-order valence-electron chi connectivity index (χ1n) is 7.26. The van der Waals surface area contributed by atoms with Crippen LogP contribution in [-0.4, -0.2) is 29.9 Å². The molecule has 3 aromatic rings. The van der Waals surface area contributed by atoms with Crippen molar-refractivity contribution in [2.24, 2.45) is 0 Å². The predicted octanol–water partition coefficient (Wildman–Crippen LogP) is 3.09. The van der Waals surface area contributed by atoms with Gasteiger partial charge in [-0.3, -0.25) is 4.98 Å². The van der Waals surface area contributed by atoms with Gasteiger partial charge in [0.2, 0.25) is 5.82 Å². The Bertz CT molecular complexity index is 891. The van der Waals surface area contributed by atoms with Gasteiger partial charge in [0.1, 0.15) is 5.25 Å². The molecular formula is C14H13F3N6OS. The lowest BCUT2D eigenvalue weighted by Crippen LogP contribution is -2.16. The monoisotopic (exact) mass is 370 g/mol. The fourth-order valence-corrected chi connectivity index (χ4v) is 2.59. The molecule has 0 radical (unpaired) electrons. The van der Waals surface area contributed by atoms with Crippen LogP contribution in [0.25, 0.3) is 11.5 Å². The van der Waals surface area contributed by atoms with Gasteiger partial charge in [-0.1, -0.05) is 5.16 Å². The minimum absolute atomic E-state index is 0.00332. The van der Waals surface area contributed by atoms with Crippen LogP contribution in [0, 0.1) is 6.92 Å². The fourth-order valence-electron chi connectivity index (χ4n) is 2.30. The SMILES string of the molecule is CCn1c(C(S)c2noc(-c3ccnc(C)c3)n2)nnc1C(F)(F)F. The normalized spacial score (nSPS) is 13.2. The molecule has 11 heteroatoms. The second-order valence-corrected chi connectivity index (χ2v) is 5.69. The largest absolute Gasteiger partial charge is 0.451 e. The maximum atomic E-state index is 13.0. The summed E-state index contributed by atoms with van der Waals surface area (Å²) in [6.07, 6.45) is -3.01. The Balaban J connectivity index is 1.95. The number of aryl methyl sites for hydroxylation is 1. The zero-order valence-electron chi connectivity index (χ0n) is 13.2. The molecule has 7 nitrogen and oxygen atoms in total. The molecule has 3 aromatic heterocycles. The van der Waals surface area contributed by atoms with Gasteiger partial charge in [0.05, 0.1) is 0 Å². The maximum absolute atomic E-state index is 13.0. The summed E-state index contributed by atoms with van der Waals surface area (Å²) in [6.45, 7) is 3.40. The van der Waals surface area contributed by atoms with Gasteiger partial charge in [0.15, 0.2) is 11.6 Å². The van der Waals surface area contributed by atoms with Crippen LogP contribution in [0.3, 0.4) is 0 Å². The highest BCUT2D eigenvalue weighted by molar-refractivity contribution is 7.80. The molecule has 0 aliphatic carbocycles. The third-order valence-corrected chi connectivity index (χ3v) is 3.89. The first-order chi connectivity index (χ1) is 11.8. The van der Waals surface area contributed by atoms with Crippen molar-refractivity contribution >= 4 is 12.6 Å². The second-order valence-electron chi connectivity index (χ2n) is 5.17. The second kappa shape index (κ2) is 6.47. The molecule has 0 N–H and O–H groups in total. The molecule has 0 saturated heterocycles. The molecule has 3 rings (SSSR count). The first-order valence-corrected chi connectivity index (χ1v) is 7.78. The van der Waals surface area contributed by atoms with Gasteiger partial charge in [-0.15, -0.1) is 10.2 Å². The predicted molar refractivity (Wildman–Crippen MR) is 83.8 cm³/mol. The van der Waals surface area contributed by atoms with Crippen LogP contribution in [0.2, 0.25) is 0 Å². The van der Waals surface area contributed by atoms with Crippen LogP contribution in [0.15, 0.2) is 22.9 Å². The number of hydrogen-bond donors (Lipinski definition) is 1. The van der Waals surface area contributed by atoms with Crippen molar-refractivity contribution in [2.45, 2.75) is 31.8 Å². The molecule has 1 unspecified atom stereocenters. The zero-order valence-corrected chi connectivity index (χ0v) is 14.1. The van der Waals surface area contributed by atoms with E-state index in [0.717, 1.165) is 10.3 Å². The van der Waals surface area contributed by atoms with Crippen LogP contribution >= 0.6 is 12.6 Å². The molecule has 0 amide bonds. The molecule has 3 heterocycles. The Labute approximate surface area is 145 Å². The van der Waals surface area contributed by atoms with Crippen LogP contribution < -0.4 is 0 Å². The lowest BCUT2D eigenvalue weighted by atomic mass is 10.2. The van der Waals surface area contributed by atoms with Gasteiger partial charge in [-0.2, -0.15) is 30.8 Å². The molecule has 0 spiro atoms. The highest BCUT2D eigenvalue weighted by Gasteiger charge is 2.39. The quantitative estimate of drug-likeness (QED) is 0.711. The molecule has 0 saturated carbocycles. The van der Waals surface area contributed by atoms with E-state index in [0.29, 0.717) is 5.56 Å². The third kappa shape index (κ3) is 3.36. The summed E-state index contributed by atoms with van der Waals surface area (Å²) in [7, 11) is 0. The van der Waals surface area contributed by atoms with Gasteiger partial charge >= 0.3 is 6.18 Å². The van der Waals surface area contributed by atoms with E-state index in [9.17, 15) is 13.2 Å². The molecule has 132 valence electrons. The minimum Gasteiger partial charge on any atom is -0.334 e. The summed E-state index contributed by atoms with van der Waals surface area (Å²) in [6, 6.07) is 3.44. The number of pyridine rings is 1. The highest BCUT2D eigenvalue weighted by atomic mass is 32.1. The van der Waals surface area contributed by atoms with E-state index < -0.39 is 17.3 Å². The Hall–Kier alpha value is -2.43. The van der Waals surface area contributed by atoms with Crippen molar-refractivity contribution in [3.05, 3.63) is 41.5 Å². The van der Waals surface area contributed by atoms with Gasteiger partial charge < -0.3 is 9.09 Å². The molecule has 25 heavy (non-hydrogen) atoms. The average molecular weight is 370 g/mol. The van der Waals surface area contributed by atoms with E-state index in [1.807, 2.05) is 6.92 Å². The molecule has 0 bridgehead atoms. The standard InChI is InChI=1S/C14H13F3N6OS/c1-3-23-11(20-21-13(23)14(15,16)17)9(25)10-19-12(24-22-10)8-4-5-18-7(2)6-8/h4-6,9,25H,3H2,1-2H3. The van der Waals surface area contributed by atoms with Crippen molar-refractivity contribution in [3.8, 4) is 11.5 Å². The number of halogens is 3. The fraction of sp³-hybridized carbons (Fsp3) is 0.357. The lowest BCUT2D eigenvalue weighted by molar-refractivity contribution is -0.147. The van der Waals surface area contributed by atoms with Crippen molar-refractivity contribution < 1.29 is 17.7 Å². The summed E-state index contributed by atoms with van der Waals surface area (Å²) in [5, 5.41) is 9.72. The van der Waals surface area contributed by atoms with E-state index in [-0.39, 0.29) is 24.1 Å². The number of hydrogen-bond acceptors (Lipinski definition) is 7. The third-order valence-electron chi connectivity index (χ3n) is 3.42. The van der Waals surface area contributed by atoms with E-state index in [4.69, 9.17) is 4.52 Å². The van der Waals surface area contributed by atoms with Crippen LogP contribution in [0.1, 0.15) is 35.3 Å². The number of nitrogens with zero attached hydrogens (tertiary/aromatic N) is 6. The molecule has 0 aliphatic heterocycles. The smallest absolute Gasteiger partial charge is 0.334 e. The van der Waals surface area contributed by atoms with E-state index >= 15 is 0 Å². The number of rotatable bonds is 4. The summed E-state index contributed by atoms with van der Waals surface area (Å²) in [5.41, 5.74) is 1.42. The number of aromatic nitrogens is 6. The molecular weight excluding hydrogens is 357 g/mol. The van der Waals surface area contributed by atoms with Gasteiger partial charge in [-0.25, -0.2) is 0 Å². The lowest BCUT2D eigenvalue weighted by Gasteiger charge is -2.11. The first kappa shape index (κ1) is 17.4. The zero-order chi connectivity index (χ0) is 18.2. The maximum Gasteiger partial charge on any atom is 0.451 e. The molecule has 1 atom stereocenters. The van der Waals surface area contributed by atoms with Gasteiger partial charge in [0.25, 0.3) is 5.89 Å². The minimum atomic E-state index is -4.61. The topological polar surface area (TPSA) is 82.5 Å². The van der Waals surface area contributed by atoms with E-state index in [1.165, 1.54) is 0 Å². The van der Waals surface area contributed by atoms with Crippen molar-refractivity contribution in [3.63, 3.8) is 0 Å². The Morgan fingerprint density at radius 3 is 2.72 bits per heavy atom. The molecule has 0 aliphatic rings. The van der Waals surface area contributed by atoms with Gasteiger partial charge in [-0.05, 0) is 26.0 Å². The van der Waals surface area contributed by atoms with Crippen LogP contribution in [0.4, 0.5) is 13.2 Å². The van der Waals surface area contributed by atoms with E-state index in [2.05, 4.69) is 38.0 Å². The molecule has 0 aromatic carbocycles. The van der Waals surface area contributed by atoms with Crippen LogP contribution in [0.5, 0.6) is 0 Å².